The molecule has 0 aromatic heterocycles. The van der Waals surface area contributed by atoms with Crippen LogP contribution in [-0.4, -0.2) is 52.5 Å². The number of hydrogen-bond acceptors (Lipinski definition) is 4. The first kappa shape index (κ1) is 16.9. The Morgan fingerprint density at radius 2 is 2.09 bits per heavy atom. The van der Waals surface area contributed by atoms with Gasteiger partial charge in [0.1, 0.15) is 5.75 Å². The molecule has 7 heteroatoms. The third-order valence-electron chi connectivity index (χ3n) is 3.82. The van der Waals surface area contributed by atoms with Gasteiger partial charge in [0, 0.05) is 18.5 Å². The summed E-state index contributed by atoms with van der Waals surface area (Å²) in [5.41, 5.74) is -1.94. The van der Waals surface area contributed by atoms with Crippen molar-refractivity contribution in [3.8, 4) is 5.75 Å². The number of carboxylic acids is 1. The molecule has 2 rings (SSSR count). The highest BCUT2D eigenvalue weighted by Gasteiger charge is 2.47. The maximum atomic E-state index is 14.0. The van der Waals surface area contributed by atoms with Gasteiger partial charge >= 0.3 is 5.97 Å². The van der Waals surface area contributed by atoms with Crippen LogP contribution in [0.25, 0.3) is 0 Å². The Bertz CT molecular complexity index is 647. The molecular weight excluding hydrogens is 305 g/mol. The minimum atomic E-state index is -2.40. The molecule has 1 N–H and O–H groups in total. The van der Waals surface area contributed by atoms with Gasteiger partial charge < -0.3 is 14.7 Å². The standard InChI is InChI=1S/C16H18FNO5/c1-10(19)12-4-3-5-13(8-12)23-11(2)14(20)18-7-6-16(17,9-18)15(21)22/h3-5,8,11H,6-7,9H2,1-2H3,(H,21,22). The van der Waals surface area contributed by atoms with Crippen LogP contribution >= 0.6 is 0 Å². The molecular formula is C16H18FNO5. The highest BCUT2D eigenvalue weighted by molar-refractivity contribution is 5.94. The zero-order valence-corrected chi connectivity index (χ0v) is 12.9. The van der Waals surface area contributed by atoms with Crippen LogP contribution in [-0.2, 0) is 9.59 Å². The minimum absolute atomic E-state index is 0.0306. The smallest absolute Gasteiger partial charge is 0.343 e. The average molecular weight is 323 g/mol. The number of amides is 1. The van der Waals surface area contributed by atoms with E-state index in [-0.39, 0.29) is 18.7 Å². The van der Waals surface area contributed by atoms with Gasteiger partial charge in [-0.2, -0.15) is 0 Å². The molecule has 1 aliphatic rings. The number of carbonyl (C=O) groups is 3. The first-order valence-electron chi connectivity index (χ1n) is 7.22. The van der Waals surface area contributed by atoms with Crippen LogP contribution in [0.2, 0.25) is 0 Å². The summed E-state index contributed by atoms with van der Waals surface area (Å²) in [6.07, 6.45) is -1.14. The summed E-state index contributed by atoms with van der Waals surface area (Å²) in [4.78, 5) is 35.6. The quantitative estimate of drug-likeness (QED) is 0.834. The number of carboxylic acid groups (broad SMARTS) is 1. The number of likely N-dealkylation sites (tertiary alicyclic amines) is 1. The number of nitrogens with zero attached hydrogens (tertiary/aromatic N) is 1. The Labute approximate surface area is 132 Å². The molecule has 2 atom stereocenters. The Balaban J connectivity index is 2.02. The van der Waals surface area contributed by atoms with E-state index in [1.54, 1.807) is 18.2 Å². The maximum Gasteiger partial charge on any atom is 0.343 e. The fourth-order valence-electron chi connectivity index (χ4n) is 2.44. The number of benzene rings is 1. The van der Waals surface area contributed by atoms with Crippen LogP contribution in [0.5, 0.6) is 5.75 Å². The van der Waals surface area contributed by atoms with Gasteiger partial charge in [-0.3, -0.25) is 9.59 Å². The van der Waals surface area contributed by atoms with E-state index in [1.807, 2.05) is 0 Å². The van der Waals surface area contributed by atoms with Crippen LogP contribution in [0.4, 0.5) is 4.39 Å². The molecule has 0 bridgehead atoms. The summed E-state index contributed by atoms with van der Waals surface area (Å²) in [6, 6.07) is 6.40. The van der Waals surface area contributed by atoms with E-state index >= 15 is 0 Å². The van der Waals surface area contributed by atoms with Crippen molar-refractivity contribution in [1.29, 1.82) is 0 Å². The predicted octanol–water partition coefficient (Wildman–Crippen LogP) is 1.68. The fourth-order valence-corrected chi connectivity index (χ4v) is 2.44. The number of alkyl halides is 1. The molecule has 0 radical (unpaired) electrons. The van der Waals surface area contributed by atoms with E-state index in [0.717, 1.165) is 4.90 Å². The van der Waals surface area contributed by atoms with Crippen molar-refractivity contribution in [3.63, 3.8) is 0 Å². The largest absolute Gasteiger partial charge is 0.481 e. The molecule has 6 nitrogen and oxygen atoms in total. The lowest BCUT2D eigenvalue weighted by atomic mass is 10.1. The molecule has 0 spiro atoms. The highest BCUT2D eigenvalue weighted by atomic mass is 19.1. The number of Topliss-reactive ketones (excluding diaryl/α,β-unsaturated/α-hetero) is 1. The number of halogens is 1. The zero-order chi connectivity index (χ0) is 17.2. The third-order valence-corrected chi connectivity index (χ3v) is 3.82. The molecule has 124 valence electrons. The Morgan fingerprint density at radius 3 is 2.65 bits per heavy atom. The second-order valence-corrected chi connectivity index (χ2v) is 5.62. The summed E-state index contributed by atoms with van der Waals surface area (Å²) in [5.74, 6) is -1.82. The molecule has 23 heavy (non-hydrogen) atoms. The van der Waals surface area contributed by atoms with E-state index < -0.39 is 30.2 Å². The second-order valence-electron chi connectivity index (χ2n) is 5.62. The van der Waals surface area contributed by atoms with Crippen LogP contribution in [0.1, 0.15) is 30.6 Å². The van der Waals surface area contributed by atoms with Gasteiger partial charge in [-0.25, -0.2) is 9.18 Å². The molecule has 2 unspecified atom stereocenters. The van der Waals surface area contributed by atoms with Crippen molar-refractivity contribution in [2.24, 2.45) is 0 Å². The normalized spacial score (nSPS) is 21.8. The monoisotopic (exact) mass is 323 g/mol. The molecule has 1 aliphatic heterocycles. The van der Waals surface area contributed by atoms with Crippen LogP contribution in [0.15, 0.2) is 24.3 Å². The van der Waals surface area contributed by atoms with Gasteiger partial charge in [0.2, 0.25) is 5.67 Å². The maximum absolute atomic E-state index is 14.0. The van der Waals surface area contributed by atoms with Gasteiger partial charge in [-0.1, -0.05) is 12.1 Å². The van der Waals surface area contributed by atoms with Crippen molar-refractivity contribution in [1.82, 2.24) is 4.90 Å². The molecule has 1 fully saturated rings. The summed E-state index contributed by atoms with van der Waals surface area (Å²) in [5, 5.41) is 8.85. The summed E-state index contributed by atoms with van der Waals surface area (Å²) < 4.78 is 19.5. The Hall–Kier alpha value is -2.44. The lowest BCUT2D eigenvalue weighted by Gasteiger charge is -2.22. The van der Waals surface area contributed by atoms with E-state index in [9.17, 15) is 18.8 Å². The summed E-state index contributed by atoms with van der Waals surface area (Å²) >= 11 is 0. The van der Waals surface area contributed by atoms with Crippen LogP contribution in [0, 0.1) is 0 Å². The Morgan fingerprint density at radius 1 is 1.39 bits per heavy atom. The molecule has 1 heterocycles. The first-order valence-corrected chi connectivity index (χ1v) is 7.22. The summed E-state index contributed by atoms with van der Waals surface area (Å²) in [6.45, 7) is 2.47. The number of rotatable bonds is 5. The molecule has 1 saturated heterocycles. The molecule has 1 aromatic rings. The zero-order valence-electron chi connectivity index (χ0n) is 12.9. The van der Waals surface area contributed by atoms with Crippen molar-refractivity contribution < 1.29 is 28.6 Å². The average Bonchev–Trinajstić information content (AvgIpc) is 2.90. The van der Waals surface area contributed by atoms with Gasteiger partial charge in [0.15, 0.2) is 11.9 Å². The third kappa shape index (κ3) is 3.67. The molecule has 1 amide bonds. The minimum Gasteiger partial charge on any atom is -0.481 e. The lowest BCUT2D eigenvalue weighted by molar-refractivity contribution is -0.150. The Kier molecular flexibility index (Phi) is 4.68. The van der Waals surface area contributed by atoms with E-state index in [0.29, 0.717) is 11.3 Å². The fraction of sp³-hybridized carbons (Fsp3) is 0.438. The van der Waals surface area contributed by atoms with Crippen LogP contribution in [0.3, 0.4) is 0 Å². The predicted molar refractivity (Wildman–Crippen MR) is 79.2 cm³/mol. The first-order chi connectivity index (χ1) is 10.7. The van der Waals surface area contributed by atoms with Crippen LogP contribution < -0.4 is 4.74 Å². The van der Waals surface area contributed by atoms with Gasteiger partial charge in [-0.05, 0) is 26.0 Å². The van der Waals surface area contributed by atoms with E-state index in [4.69, 9.17) is 9.84 Å². The second kappa shape index (κ2) is 6.36. The van der Waals surface area contributed by atoms with Crippen molar-refractivity contribution in [2.75, 3.05) is 13.1 Å². The van der Waals surface area contributed by atoms with E-state index in [2.05, 4.69) is 0 Å². The van der Waals surface area contributed by atoms with Gasteiger partial charge in [0.25, 0.3) is 5.91 Å². The number of aliphatic carboxylic acids is 1. The lowest BCUT2D eigenvalue weighted by Crippen LogP contribution is -2.43. The number of hydrogen-bond donors (Lipinski definition) is 1. The van der Waals surface area contributed by atoms with Gasteiger partial charge in [0.05, 0.1) is 6.54 Å². The highest BCUT2D eigenvalue weighted by Crippen LogP contribution is 2.27. The number of ketones is 1. The topological polar surface area (TPSA) is 83.9 Å². The van der Waals surface area contributed by atoms with Gasteiger partial charge in [-0.15, -0.1) is 0 Å². The van der Waals surface area contributed by atoms with Crippen molar-refractivity contribution in [2.45, 2.75) is 32.0 Å². The number of carbonyl (C=O) groups excluding carboxylic acids is 2. The van der Waals surface area contributed by atoms with Crippen molar-refractivity contribution in [3.05, 3.63) is 29.8 Å². The molecule has 0 aliphatic carbocycles. The van der Waals surface area contributed by atoms with E-state index in [1.165, 1.54) is 19.9 Å². The molecule has 0 saturated carbocycles. The SMILES string of the molecule is CC(=O)c1cccc(OC(C)C(=O)N2CCC(F)(C(=O)O)C2)c1. The van der Waals surface area contributed by atoms with Crippen molar-refractivity contribution >= 4 is 17.7 Å². The number of ether oxygens (including phenoxy) is 1. The molecule has 1 aromatic carbocycles. The summed E-state index contributed by atoms with van der Waals surface area (Å²) in [7, 11) is 0.